The molecule has 0 spiro atoms. The second-order valence-electron chi connectivity index (χ2n) is 5.77. The van der Waals surface area contributed by atoms with E-state index >= 15 is 0 Å². The normalized spacial score (nSPS) is 11.5. The molecular weight excluding hydrogens is 390 g/mol. The summed E-state index contributed by atoms with van der Waals surface area (Å²) in [5, 5.41) is 9.37. The van der Waals surface area contributed by atoms with Gasteiger partial charge in [0.15, 0.2) is 5.96 Å². The molecule has 28 heavy (non-hydrogen) atoms. The van der Waals surface area contributed by atoms with Crippen LogP contribution in [0, 0.1) is 0 Å². The molecule has 0 amide bonds. The maximum Gasteiger partial charge on any atom is 0.338 e. The third-order valence-corrected chi connectivity index (χ3v) is 3.32. The molecule has 0 saturated carbocycles. The minimum absolute atomic E-state index is 0.0364. The van der Waals surface area contributed by atoms with E-state index in [9.17, 15) is 23.1 Å². The smallest absolute Gasteiger partial charge is 0.338 e. The highest BCUT2D eigenvalue weighted by atomic mass is 32.2. The Kier molecular flexibility index (Phi) is 11.5. The summed E-state index contributed by atoms with van der Waals surface area (Å²) >= 11 is 0. The van der Waals surface area contributed by atoms with Crippen LogP contribution in [-0.2, 0) is 19.6 Å². The average molecular weight is 417 g/mol. The van der Waals surface area contributed by atoms with Crippen LogP contribution in [0.2, 0.25) is 0 Å². The van der Waals surface area contributed by atoms with Gasteiger partial charge in [0.1, 0.15) is 0 Å². The molecule has 0 aliphatic rings. The summed E-state index contributed by atoms with van der Waals surface area (Å²) in [5.41, 5.74) is 11.5. The number of hydrogen-bond donors (Lipinski definition) is 4. The molecule has 0 aliphatic carbocycles. The summed E-state index contributed by atoms with van der Waals surface area (Å²) in [6.07, 6.45) is 2.59. The summed E-state index contributed by atoms with van der Waals surface area (Å²) in [4.78, 5) is 26.9. The molecule has 0 heterocycles. The van der Waals surface area contributed by atoms with Crippen molar-refractivity contribution in [3.63, 3.8) is 0 Å². The van der Waals surface area contributed by atoms with Gasteiger partial charge in [-0.05, 0) is 37.5 Å². The van der Waals surface area contributed by atoms with Crippen LogP contribution in [-0.4, -0.2) is 55.4 Å². The Morgan fingerprint density at radius 1 is 1.18 bits per heavy atom. The van der Waals surface area contributed by atoms with Gasteiger partial charge in [-0.2, -0.15) is 8.42 Å². The number of ether oxygens (including phenoxy) is 1. The second kappa shape index (κ2) is 12.7. The van der Waals surface area contributed by atoms with Crippen molar-refractivity contribution in [2.45, 2.75) is 32.1 Å². The highest BCUT2D eigenvalue weighted by molar-refractivity contribution is 7.85. The van der Waals surface area contributed by atoms with Crippen LogP contribution < -0.4 is 11.5 Å². The van der Waals surface area contributed by atoms with Crippen LogP contribution in [0.15, 0.2) is 29.3 Å². The lowest BCUT2D eigenvalue weighted by Crippen LogP contribution is -2.23. The minimum Gasteiger partial charge on any atom is -0.481 e. The molecule has 0 radical (unpaired) electrons. The number of guanidine groups is 1. The van der Waals surface area contributed by atoms with E-state index in [4.69, 9.17) is 20.8 Å². The monoisotopic (exact) mass is 417 g/mol. The summed E-state index contributed by atoms with van der Waals surface area (Å²) < 4.78 is 30.8. The Morgan fingerprint density at radius 2 is 1.71 bits per heavy atom. The topological polar surface area (TPSA) is 182 Å². The third kappa shape index (κ3) is 12.7. The average Bonchev–Trinajstić information content (AvgIpc) is 2.56. The number of carbonyl (C=O) groups excluding carboxylic acids is 1. The molecule has 0 fully saturated rings. The van der Waals surface area contributed by atoms with Crippen molar-refractivity contribution < 1.29 is 32.4 Å². The Labute approximate surface area is 164 Å². The van der Waals surface area contributed by atoms with Crippen LogP contribution in [0.3, 0.4) is 0 Å². The van der Waals surface area contributed by atoms with Gasteiger partial charge >= 0.3 is 11.9 Å². The van der Waals surface area contributed by atoms with E-state index in [0.29, 0.717) is 49.8 Å². The second-order valence-corrected chi connectivity index (χ2v) is 7.23. The molecule has 0 bridgehead atoms. The zero-order chi connectivity index (χ0) is 21.7. The summed E-state index contributed by atoms with van der Waals surface area (Å²) in [6, 6.07) is 6.48. The number of benzene rings is 1. The molecule has 1 rings (SSSR count). The van der Waals surface area contributed by atoms with E-state index in [0.717, 1.165) is 0 Å². The molecule has 11 heteroatoms. The standard InChI is InChI=1S/C16H23N3O4.CH4O3S/c1-2-23-15(22)12-8-6-11(7-9-12)13(14(20)21)5-3-4-10-19-16(17)18;1-5(2,3)4/h6-9,13H,2-5,10H2,1H3,(H,20,21)(H4,17,18,19);1H3,(H,2,3,4). The van der Waals surface area contributed by atoms with E-state index in [1.807, 2.05) is 0 Å². The Morgan fingerprint density at radius 3 is 2.14 bits per heavy atom. The van der Waals surface area contributed by atoms with Gasteiger partial charge in [0.05, 0.1) is 24.3 Å². The maximum absolute atomic E-state index is 11.6. The van der Waals surface area contributed by atoms with Crippen LogP contribution in [0.5, 0.6) is 0 Å². The van der Waals surface area contributed by atoms with Crippen LogP contribution in [0.25, 0.3) is 0 Å². The van der Waals surface area contributed by atoms with Crippen molar-refractivity contribution in [3.8, 4) is 0 Å². The molecule has 1 aromatic rings. The fourth-order valence-corrected chi connectivity index (χ4v) is 2.17. The van der Waals surface area contributed by atoms with Crippen molar-refractivity contribution in [1.82, 2.24) is 0 Å². The molecule has 0 saturated heterocycles. The molecule has 10 nitrogen and oxygen atoms in total. The molecule has 1 atom stereocenters. The fourth-order valence-electron chi connectivity index (χ4n) is 2.17. The molecular formula is C17H27N3O7S. The van der Waals surface area contributed by atoms with Gasteiger partial charge in [0, 0.05) is 6.54 Å². The van der Waals surface area contributed by atoms with Gasteiger partial charge in [-0.1, -0.05) is 18.6 Å². The van der Waals surface area contributed by atoms with Gasteiger partial charge in [-0.3, -0.25) is 14.3 Å². The van der Waals surface area contributed by atoms with E-state index in [1.165, 1.54) is 0 Å². The van der Waals surface area contributed by atoms with Crippen molar-refractivity contribution >= 4 is 28.0 Å². The highest BCUT2D eigenvalue weighted by Crippen LogP contribution is 2.23. The number of aliphatic imine (C=N–C) groups is 1. The van der Waals surface area contributed by atoms with Gasteiger partial charge in [0.2, 0.25) is 0 Å². The van der Waals surface area contributed by atoms with E-state index in [-0.39, 0.29) is 5.96 Å². The highest BCUT2D eigenvalue weighted by Gasteiger charge is 2.19. The summed E-state index contributed by atoms with van der Waals surface area (Å²) in [7, 11) is -3.67. The first-order valence-electron chi connectivity index (χ1n) is 8.43. The maximum atomic E-state index is 11.6. The zero-order valence-electron chi connectivity index (χ0n) is 15.9. The number of carboxylic acids is 1. The lowest BCUT2D eigenvalue weighted by Gasteiger charge is -2.13. The largest absolute Gasteiger partial charge is 0.481 e. The predicted molar refractivity (Wildman–Crippen MR) is 105 cm³/mol. The predicted octanol–water partition coefficient (Wildman–Crippen LogP) is 0.979. The number of aliphatic carboxylic acids is 1. The lowest BCUT2D eigenvalue weighted by atomic mass is 9.93. The van der Waals surface area contributed by atoms with Gasteiger partial charge in [0.25, 0.3) is 10.1 Å². The van der Waals surface area contributed by atoms with Crippen molar-refractivity contribution in [3.05, 3.63) is 35.4 Å². The van der Waals surface area contributed by atoms with Gasteiger partial charge < -0.3 is 21.3 Å². The number of unbranched alkanes of at least 4 members (excludes halogenated alkanes) is 1. The van der Waals surface area contributed by atoms with E-state index < -0.39 is 28.0 Å². The van der Waals surface area contributed by atoms with E-state index in [1.54, 1.807) is 31.2 Å². The number of nitrogens with two attached hydrogens (primary N) is 2. The van der Waals surface area contributed by atoms with E-state index in [2.05, 4.69) is 4.99 Å². The van der Waals surface area contributed by atoms with Crippen molar-refractivity contribution in [1.29, 1.82) is 0 Å². The number of carboxylic acid groups (broad SMARTS) is 1. The number of carbonyl (C=O) groups is 2. The van der Waals surface area contributed by atoms with Crippen LogP contribution >= 0.6 is 0 Å². The molecule has 1 unspecified atom stereocenters. The quantitative estimate of drug-likeness (QED) is 0.149. The Hall–Kier alpha value is -2.66. The molecule has 6 N–H and O–H groups in total. The Bertz CT molecular complexity index is 749. The molecule has 1 aromatic carbocycles. The van der Waals surface area contributed by atoms with Crippen LogP contribution in [0.4, 0.5) is 0 Å². The zero-order valence-corrected chi connectivity index (χ0v) is 16.7. The van der Waals surface area contributed by atoms with Crippen molar-refractivity contribution in [2.75, 3.05) is 19.4 Å². The number of rotatable bonds is 9. The first kappa shape index (κ1) is 25.3. The van der Waals surface area contributed by atoms with Gasteiger partial charge in [-0.15, -0.1) is 0 Å². The minimum atomic E-state index is -3.67. The molecule has 158 valence electrons. The number of hydrogen-bond acceptors (Lipinski definition) is 6. The SMILES string of the molecule is CCOC(=O)c1ccc(C(CCCCN=C(N)N)C(=O)O)cc1.CS(=O)(=O)O. The molecule has 0 aliphatic heterocycles. The van der Waals surface area contributed by atoms with Crippen LogP contribution in [0.1, 0.15) is 48.0 Å². The number of nitrogens with zero attached hydrogens (tertiary/aromatic N) is 1. The first-order chi connectivity index (χ1) is 13.0. The lowest BCUT2D eigenvalue weighted by molar-refractivity contribution is -0.139. The van der Waals surface area contributed by atoms with Gasteiger partial charge in [-0.25, -0.2) is 4.79 Å². The summed E-state index contributed by atoms with van der Waals surface area (Å²) in [6.45, 7) is 2.51. The van der Waals surface area contributed by atoms with Crippen molar-refractivity contribution in [2.24, 2.45) is 16.5 Å². The fraction of sp³-hybridized carbons (Fsp3) is 0.471. The third-order valence-electron chi connectivity index (χ3n) is 3.32. The summed E-state index contributed by atoms with van der Waals surface area (Å²) in [5.74, 6) is -1.89. The number of esters is 1. The first-order valence-corrected chi connectivity index (χ1v) is 10.3. The molecule has 0 aromatic heterocycles. The Balaban J connectivity index is 0.00000129.